The monoisotopic (exact) mass is 641 g/mol. The van der Waals surface area contributed by atoms with Gasteiger partial charge in [0.2, 0.25) is 18.0 Å². The molecule has 0 spiro atoms. The zero-order valence-corrected chi connectivity index (χ0v) is 22.5. The highest BCUT2D eigenvalue weighted by molar-refractivity contribution is 6.19. The van der Waals surface area contributed by atoms with E-state index in [9.17, 15) is 53.9 Å². The van der Waals surface area contributed by atoms with Crippen LogP contribution in [0.1, 0.15) is 42.5 Å². The molecular weight excluding hydrogens is 617 g/mol. The second kappa shape index (κ2) is 13.1. The van der Waals surface area contributed by atoms with Gasteiger partial charge in [-0.3, -0.25) is 19.4 Å². The Hall–Kier alpha value is -4.38. The van der Waals surface area contributed by atoms with Crippen LogP contribution in [0, 0.1) is 11.8 Å². The number of nitrogens with zero attached hydrogens (tertiary/aromatic N) is 2. The number of para-hydroxylation sites is 1. The highest BCUT2D eigenvalue weighted by Gasteiger charge is 2.41. The first-order valence-corrected chi connectivity index (χ1v) is 12.6. The Morgan fingerprint density at radius 2 is 1.59 bits per heavy atom. The lowest BCUT2D eigenvalue weighted by atomic mass is 9.83. The zero-order chi connectivity index (χ0) is 33.0. The highest BCUT2D eigenvalue weighted by Crippen LogP contribution is 2.35. The van der Waals surface area contributed by atoms with Crippen LogP contribution in [0.5, 0.6) is 5.75 Å². The minimum absolute atomic E-state index is 0.0476. The van der Waals surface area contributed by atoms with Crippen molar-refractivity contribution in [3.05, 3.63) is 53.3 Å². The molecule has 3 rings (SSSR count). The number of alkyl halides is 9. The first-order chi connectivity index (χ1) is 20.3. The Kier molecular flexibility index (Phi) is 10.1. The number of hydrogen-bond donors (Lipinski definition) is 3. The molecule has 4 N–H and O–H groups in total. The first kappa shape index (κ1) is 34.1. The number of rotatable bonds is 10. The molecule has 0 radical (unpaired) electrons. The fraction of sp³-hybridized carbons (Fsp3) is 0.423. The van der Waals surface area contributed by atoms with Gasteiger partial charge in [-0.05, 0) is 31.0 Å². The summed E-state index contributed by atoms with van der Waals surface area (Å²) in [6.07, 6.45) is -21.6. The van der Waals surface area contributed by atoms with Crippen LogP contribution in [0.3, 0.4) is 0 Å². The van der Waals surface area contributed by atoms with Crippen molar-refractivity contribution < 1.29 is 58.6 Å². The van der Waals surface area contributed by atoms with Crippen molar-refractivity contribution in [2.45, 2.75) is 50.4 Å². The number of fused-ring (bicyclic) bond motifs is 1. The standard InChI is InChI=1S/C26H24F9N5O4/c1-44-17-4-2-3-15-18(16-6-5-12(11-37-16)26(33,34)35)38-21(23(43)39-19(15)17)40-22(42)14(8-10-25(30,31)32)13(20(36)41)7-9-24(27,28)29/h2-6,11,13-14,21H,7-10H2,1H3,(H2,36,41)(H,39,43)(H,40,42)/t13-,14+,21-/m1/s1. The molecule has 18 heteroatoms. The Morgan fingerprint density at radius 1 is 0.977 bits per heavy atom. The number of benzodiazepines with no additional fused rings is 1. The van der Waals surface area contributed by atoms with Gasteiger partial charge < -0.3 is 21.1 Å². The van der Waals surface area contributed by atoms with Gasteiger partial charge in [0.1, 0.15) is 5.75 Å². The third kappa shape index (κ3) is 8.82. The summed E-state index contributed by atoms with van der Waals surface area (Å²) in [7, 11) is 1.23. The number of aromatic nitrogens is 1. The zero-order valence-electron chi connectivity index (χ0n) is 22.5. The lowest BCUT2D eigenvalue weighted by Crippen LogP contribution is -2.48. The van der Waals surface area contributed by atoms with Crippen molar-refractivity contribution in [1.82, 2.24) is 10.3 Å². The van der Waals surface area contributed by atoms with E-state index in [0.717, 1.165) is 6.07 Å². The summed E-state index contributed by atoms with van der Waals surface area (Å²) in [4.78, 5) is 46.3. The van der Waals surface area contributed by atoms with Crippen molar-refractivity contribution in [3.63, 3.8) is 0 Å². The van der Waals surface area contributed by atoms with E-state index in [1.807, 2.05) is 5.32 Å². The molecule has 3 amide bonds. The van der Waals surface area contributed by atoms with Gasteiger partial charge in [-0.1, -0.05) is 12.1 Å². The number of amides is 3. The number of anilines is 1. The number of benzene rings is 1. The number of ether oxygens (including phenoxy) is 1. The molecule has 2 aromatic rings. The Labute approximate surface area is 243 Å². The molecule has 1 aromatic carbocycles. The Morgan fingerprint density at radius 3 is 2.09 bits per heavy atom. The average molecular weight is 641 g/mol. The van der Waals surface area contributed by atoms with E-state index < -0.39 is 85.5 Å². The minimum atomic E-state index is -4.87. The molecule has 2 heterocycles. The lowest BCUT2D eigenvalue weighted by Gasteiger charge is -2.26. The molecule has 240 valence electrons. The SMILES string of the molecule is COc1cccc2c1NC(=O)[C@@H](NC(=O)[C@@H](CCC(F)(F)F)[C@@H](CCC(F)(F)F)C(N)=O)N=C2c1ccc(C(F)(F)F)cn1. The van der Waals surface area contributed by atoms with Gasteiger partial charge in [0.15, 0.2) is 0 Å². The molecule has 1 aromatic heterocycles. The molecule has 0 saturated heterocycles. The van der Waals surface area contributed by atoms with Gasteiger partial charge in [0.25, 0.3) is 5.91 Å². The third-order valence-corrected chi connectivity index (χ3v) is 6.53. The maximum absolute atomic E-state index is 13.3. The van der Waals surface area contributed by atoms with Crippen LogP contribution < -0.4 is 21.1 Å². The number of halogens is 9. The first-order valence-electron chi connectivity index (χ1n) is 12.6. The van der Waals surface area contributed by atoms with E-state index in [-0.39, 0.29) is 28.4 Å². The van der Waals surface area contributed by atoms with Crippen LogP contribution in [0.4, 0.5) is 45.2 Å². The van der Waals surface area contributed by atoms with Crippen LogP contribution in [0.2, 0.25) is 0 Å². The maximum Gasteiger partial charge on any atom is 0.417 e. The summed E-state index contributed by atoms with van der Waals surface area (Å²) in [5, 5.41) is 4.45. The number of nitrogens with two attached hydrogens (primary N) is 1. The molecule has 0 bridgehead atoms. The summed E-state index contributed by atoms with van der Waals surface area (Å²) < 4.78 is 122. The summed E-state index contributed by atoms with van der Waals surface area (Å²) in [6, 6.07) is 5.82. The van der Waals surface area contributed by atoms with E-state index in [0.29, 0.717) is 12.3 Å². The molecule has 0 saturated carbocycles. The molecule has 0 fully saturated rings. The molecule has 0 aliphatic carbocycles. The van der Waals surface area contributed by atoms with Crippen molar-refractivity contribution in [3.8, 4) is 5.75 Å². The number of hydrogen-bond acceptors (Lipinski definition) is 6. The van der Waals surface area contributed by atoms with Gasteiger partial charge in [-0.15, -0.1) is 0 Å². The predicted molar refractivity (Wildman–Crippen MR) is 135 cm³/mol. The average Bonchev–Trinajstić information content (AvgIpc) is 3.04. The second-order valence-corrected chi connectivity index (χ2v) is 9.61. The Balaban J connectivity index is 2.06. The number of carbonyl (C=O) groups is 3. The summed E-state index contributed by atoms with van der Waals surface area (Å²) in [6.45, 7) is 0. The van der Waals surface area contributed by atoms with Crippen LogP contribution in [0.15, 0.2) is 41.5 Å². The van der Waals surface area contributed by atoms with Gasteiger partial charge in [-0.2, -0.15) is 39.5 Å². The fourth-order valence-electron chi connectivity index (χ4n) is 4.42. The second-order valence-electron chi connectivity index (χ2n) is 9.61. The number of pyridine rings is 1. The normalized spacial score (nSPS) is 17.0. The quantitative estimate of drug-likeness (QED) is 0.322. The van der Waals surface area contributed by atoms with E-state index in [4.69, 9.17) is 10.5 Å². The van der Waals surface area contributed by atoms with E-state index in [1.165, 1.54) is 25.3 Å². The van der Waals surface area contributed by atoms with Crippen molar-refractivity contribution >= 4 is 29.1 Å². The van der Waals surface area contributed by atoms with Crippen molar-refractivity contribution in [2.75, 3.05) is 12.4 Å². The van der Waals surface area contributed by atoms with E-state index in [2.05, 4.69) is 15.3 Å². The van der Waals surface area contributed by atoms with Crippen molar-refractivity contribution in [2.24, 2.45) is 22.6 Å². The molecule has 44 heavy (non-hydrogen) atoms. The molecule has 1 aliphatic heterocycles. The number of methoxy groups -OCH3 is 1. The number of aliphatic imine (C=N–C) groups is 1. The van der Waals surface area contributed by atoms with Crippen LogP contribution in [0.25, 0.3) is 0 Å². The number of primary amides is 1. The van der Waals surface area contributed by atoms with Crippen LogP contribution in [-0.4, -0.2) is 54.0 Å². The van der Waals surface area contributed by atoms with E-state index >= 15 is 0 Å². The summed E-state index contributed by atoms with van der Waals surface area (Å²) >= 11 is 0. The molecule has 0 unspecified atom stereocenters. The summed E-state index contributed by atoms with van der Waals surface area (Å²) in [5.41, 5.74) is 3.59. The number of carbonyl (C=O) groups excluding carboxylic acids is 3. The van der Waals surface area contributed by atoms with Gasteiger partial charge in [-0.25, -0.2) is 4.99 Å². The number of nitrogens with one attached hydrogen (secondary N) is 2. The molecular formula is C26H24F9N5O4. The minimum Gasteiger partial charge on any atom is -0.495 e. The summed E-state index contributed by atoms with van der Waals surface area (Å²) in [5.74, 6) is -8.05. The smallest absolute Gasteiger partial charge is 0.417 e. The third-order valence-electron chi connectivity index (χ3n) is 6.53. The lowest BCUT2D eigenvalue weighted by molar-refractivity contribution is -0.152. The van der Waals surface area contributed by atoms with Gasteiger partial charge in [0.05, 0.1) is 29.8 Å². The van der Waals surface area contributed by atoms with Gasteiger partial charge >= 0.3 is 18.5 Å². The Bertz CT molecular complexity index is 1410. The maximum atomic E-state index is 13.3. The predicted octanol–water partition coefficient (Wildman–Crippen LogP) is 4.74. The topological polar surface area (TPSA) is 136 Å². The largest absolute Gasteiger partial charge is 0.495 e. The molecule has 3 atom stereocenters. The van der Waals surface area contributed by atoms with Gasteiger partial charge in [0, 0.05) is 36.4 Å². The fourth-order valence-corrected chi connectivity index (χ4v) is 4.42. The highest BCUT2D eigenvalue weighted by atomic mass is 19.4. The molecule has 9 nitrogen and oxygen atoms in total. The van der Waals surface area contributed by atoms with Crippen LogP contribution in [-0.2, 0) is 20.6 Å². The van der Waals surface area contributed by atoms with Crippen LogP contribution >= 0.6 is 0 Å². The van der Waals surface area contributed by atoms with Crippen molar-refractivity contribution in [1.29, 1.82) is 0 Å². The molecule has 1 aliphatic rings. The van der Waals surface area contributed by atoms with E-state index in [1.54, 1.807) is 0 Å².